The molecule has 1 amide bonds. The first-order valence-corrected chi connectivity index (χ1v) is 6.60. The molecule has 0 spiro atoms. The van der Waals surface area contributed by atoms with Crippen molar-refractivity contribution >= 4 is 17.8 Å². The third-order valence-electron chi connectivity index (χ3n) is 2.94. The van der Waals surface area contributed by atoms with Gasteiger partial charge in [0.15, 0.2) is 0 Å². The van der Waals surface area contributed by atoms with Gasteiger partial charge in [-0.05, 0) is 27.7 Å². The van der Waals surface area contributed by atoms with Crippen LogP contribution in [0.4, 0.5) is 0 Å². The molecular formula is C13H22N2O5. The molecule has 0 aliphatic carbocycles. The highest BCUT2D eigenvalue weighted by molar-refractivity contribution is 5.90. The molecule has 0 aromatic heterocycles. The quantitative estimate of drug-likeness (QED) is 0.706. The largest absolute Gasteiger partial charge is 0.480 e. The molecule has 7 heteroatoms. The fourth-order valence-corrected chi connectivity index (χ4v) is 1.98. The van der Waals surface area contributed by atoms with Crippen LogP contribution < -0.4 is 5.32 Å². The van der Waals surface area contributed by atoms with E-state index in [0.717, 1.165) is 0 Å². The highest BCUT2D eigenvalue weighted by Crippen LogP contribution is 2.13. The van der Waals surface area contributed by atoms with Crippen LogP contribution in [-0.4, -0.2) is 58.6 Å². The highest BCUT2D eigenvalue weighted by atomic mass is 16.6. The minimum Gasteiger partial charge on any atom is -0.480 e. The summed E-state index contributed by atoms with van der Waals surface area (Å²) in [5, 5.41) is 11.9. The van der Waals surface area contributed by atoms with Gasteiger partial charge in [0.1, 0.15) is 11.6 Å². The van der Waals surface area contributed by atoms with Gasteiger partial charge in [0.25, 0.3) is 0 Å². The highest BCUT2D eigenvalue weighted by Gasteiger charge is 2.35. The van der Waals surface area contributed by atoms with Crippen LogP contribution in [0.5, 0.6) is 0 Å². The van der Waals surface area contributed by atoms with Gasteiger partial charge in [0.2, 0.25) is 5.91 Å². The molecule has 1 aliphatic rings. The van der Waals surface area contributed by atoms with E-state index in [1.165, 1.54) is 11.8 Å². The Hall–Kier alpha value is -1.63. The van der Waals surface area contributed by atoms with Crippen molar-refractivity contribution < 1.29 is 24.2 Å². The number of carboxylic acids is 1. The average Bonchev–Trinajstić information content (AvgIpc) is 2.28. The maximum Gasteiger partial charge on any atom is 0.326 e. The van der Waals surface area contributed by atoms with E-state index in [0.29, 0.717) is 13.1 Å². The zero-order chi connectivity index (χ0) is 15.5. The third kappa shape index (κ3) is 4.48. The Balaban J connectivity index is 2.65. The summed E-state index contributed by atoms with van der Waals surface area (Å²) in [4.78, 5) is 36.1. The van der Waals surface area contributed by atoms with Crippen LogP contribution in [-0.2, 0) is 19.1 Å². The Morgan fingerprint density at radius 1 is 1.50 bits per heavy atom. The number of aliphatic carboxylic acids is 1. The Morgan fingerprint density at radius 3 is 2.60 bits per heavy atom. The first-order valence-electron chi connectivity index (χ1n) is 6.60. The van der Waals surface area contributed by atoms with Gasteiger partial charge in [-0.15, -0.1) is 0 Å². The number of carbonyl (C=O) groups excluding carboxylic acids is 2. The van der Waals surface area contributed by atoms with Crippen molar-refractivity contribution in [2.45, 2.75) is 51.8 Å². The first kappa shape index (κ1) is 16.4. The van der Waals surface area contributed by atoms with Gasteiger partial charge in [-0.1, -0.05) is 0 Å². The van der Waals surface area contributed by atoms with Crippen LogP contribution >= 0.6 is 0 Å². The minimum absolute atomic E-state index is 0.0983. The Bertz CT molecular complexity index is 402. The summed E-state index contributed by atoms with van der Waals surface area (Å²) >= 11 is 0. The fourth-order valence-electron chi connectivity index (χ4n) is 1.98. The Morgan fingerprint density at radius 2 is 2.10 bits per heavy atom. The number of hydrogen-bond donors (Lipinski definition) is 2. The minimum atomic E-state index is -1.06. The van der Waals surface area contributed by atoms with E-state index in [4.69, 9.17) is 9.84 Å². The summed E-state index contributed by atoms with van der Waals surface area (Å²) < 4.78 is 5.17. The van der Waals surface area contributed by atoms with Gasteiger partial charge in [-0.25, -0.2) is 4.79 Å². The molecule has 1 heterocycles. The van der Waals surface area contributed by atoms with Crippen LogP contribution in [0.15, 0.2) is 0 Å². The predicted octanol–water partition coefficient (Wildman–Crippen LogP) is -0.00830. The van der Waals surface area contributed by atoms with Gasteiger partial charge in [0.05, 0.1) is 12.5 Å². The molecule has 2 N–H and O–H groups in total. The van der Waals surface area contributed by atoms with Crippen LogP contribution in [0.1, 0.15) is 34.1 Å². The summed E-state index contributed by atoms with van der Waals surface area (Å²) in [5.41, 5.74) is -0.608. The van der Waals surface area contributed by atoms with Crippen molar-refractivity contribution in [3.8, 4) is 0 Å². The second kappa shape index (κ2) is 6.21. The number of nitrogens with zero attached hydrogens (tertiary/aromatic N) is 1. The summed E-state index contributed by atoms with van der Waals surface area (Å²) in [6, 6.07) is -1.62. The van der Waals surface area contributed by atoms with Crippen LogP contribution in [0.2, 0.25) is 0 Å². The summed E-state index contributed by atoms with van der Waals surface area (Å²) in [6.45, 7) is 7.48. The van der Waals surface area contributed by atoms with Gasteiger partial charge in [-0.2, -0.15) is 0 Å². The van der Waals surface area contributed by atoms with Gasteiger partial charge >= 0.3 is 11.9 Å². The molecule has 1 fully saturated rings. The molecule has 1 rings (SSSR count). The molecule has 1 aliphatic heterocycles. The number of hydrogen-bond acceptors (Lipinski definition) is 5. The van der Waals surface area contributed by atoms with Crippen molar-refractivity contribution in [3.05, 3.63) is 0 Å². The topological polar surface area (TPSA) is 95.9 Å². The lowest BCUT2D eigenvalue weighted by molar-refractivity contribution is -0.159. The number of esters is 1. The Labute approximate surface area is 118 Å². The van der Waals surface area contributed by atoms with E-state index in [2.05, 4.69) is 5.32 Å². The average molecular weight is 286 g/mol. The molecule has 1 saturated heterocycles. The number of carbonyl (C=O) groups is 3. The number of piperazine rings is 1. The molecule has 114 valence electrons. The lowest BCUT2D eigenvalue weighted by Crippen LogP contribution is -2.59. The molecule has 20 heavy (non-hydrogen) atoms. The second-order valence-electron chi connectivity index (χ2n) is 5.84. The number of rotatable bonds is 4. The smallest absolute Gasteiger partial charge is 0.326 e. The Kier molecular flexibility index (Phi) is 5.10. The number of carboxylic acid groups (broad SMARTS) is 1. The van der Waals surface area contributed by atoms with E-state index in [1.54, 1.807) is 20.8 Å². The lowest BCUT2D eigenvalue weighted by Gasteiger charge is -2.35. The number of ether oxygens (including phenoxy) is 1. The van der Waals surface area contributed by atoms with Crippen molar-refractivity contribution in [1.29, 1.82) is 0 Å². The van der Waals surface area contributed by atoms with E-state index in [-0.39, 0.29) is 12.3 Å². The maximum absolute atomic E-state index is 12.2. The first-order chi connectivity index (χ1) is 9.11. The maximum atomic E-state index is 12.2. The second-order valence-corrected chi connectivity index (χ2v) is 5.84. The van der Waals surface area contributed by atoms with Crippen molar-refractivity contribution in [3.63, 3.8) is 0 Å². The summed E-state index contributed by atoms with van der Waals surface area (Å²) in [6.07, 6.45) is -0.0983. The molecule has 0 saturated carbocycles. The van der Waals surface area contributed by atoms with Crippen LogP contribution in [0.25, 0.3) is 0 Å². The van der Waals surface area contributed by atoms with Gasteiger partial charge in [0, 0.05) is 13.1 Å². The molecule has 7 nitrogen and oxygen atoms in total. The number of nitrogens with one attached hydrogen (secondary N) is 1. The van der Waals surface area contributed by atoms with Crippen LogP contribution in [0.3, 0.4) is 0 Å². The van der Waals surface area contributed by atoms with E-state index in [1.807, 2.05) is 0 Å². The zero-order valence-electron chi connectivity index (χ0n) is 12.3. The molecule has 0 radical (unpaired) electrons. The van der Waals surface area contributed by atoms with Gasteiger partial charge < -0.3 is 20.1 Å². The molecule has 2 atom stereocenters. The third-order valence-corrected chi connectivity index (χ3v) is 2.94. The molecular weight excluding hydrogens is 264 g/mol. The van der Waals surface area contributed by atoms with Gasteiger partial charge in [-0.3, -0.25) is 9.59 Å². The predicted molar refractivity (Wildman–Crippen MR) is 71.1 cm³/mol. The van der Waals surface area contributed by atoms with E-state index < -0.39 is 29.6 Å². The number of amides is 1. The monoisotopic (exact) mass is 286 g/mol. The molecule has 2 unspecified atom stereocenters. The van der Waals surface area contributed by atoms with E-state index in [9.17, 15) is 14.4 Å². The van der Waals surface area contributed by atoms with Crippen LogP contribution in [0, 0.1) is 0 Å². The van der Waals surface area contributed by atoms with Crippen molar-refractivity contribution in [1.82, 2.24) is 10.2 Å². The molecule has 0 aromatic rings. The van der Waals surface area contributed by atoms with Crippen molar-refractivity contribution in [2.24, 2.45) is 0 Å². The lowest BCUT2D eigenvalue weighted by atomic mass is 10.1. The zero-order valence-corrected chi connectivity index (χ0v) is 12.3. The normalized spacial score (nSPS) is 21.5. The summed E-state index contributed by atoms with van der Waals surface area (Å²) in [7, 11) is 0. The van der Waals surface area contributed by atoms with Crippen molar-refractivity contribution in [2.75, 3.05) is 13.1 Å². The SMILES string of the molecule is CC(C(=O)O)N1CCNC(CC(=O)OC(C)(C)C)C1=O. The standard InChI is InChI=1S/C13H22N2O5/c1-8(12(18)19)15-6-5-14-9(11(15)17)7-10(16)20-13(2,3)4/h8-9,14H,5-7H2,1-4H3,(H,18,19). The fraction of sp³-hybridized carbons (Fsp3) is 0.769. The molecule has 0 aromatic carbocycles. The molecule has 0 bridgehead atoms. The van der Waals surface area contributed by atoms with E-state index >= 15 is 0 Å². The summed E-state index contributed by atoms with van der Waals surface area (Å²) in [5.74, 6) is -1.92.